The molecule has 6 nitrogen and oxygen atoms in total. The molecule has 0 saturated carbocycles. The van der Waals surface area contributed by atoms with Gasteiger partial charge in [-0.25, -0.2) is 9.59 Å². The van der Waals surface area contributed by atoms with Crippen molar-refractivity contribution in [2.24, 2.45) is 0 Å². The lowest BCUT2D eigenvalue weighted by molar-refractivity contribution is -0.135. The number of hydrogen-bond acceptors (Lipinski definition) is 3. The molecular weight excluding hydrogens is 293 g/mol. The number of nitrogens with zero attached hydrogens (tertiary/aromatic N) is 1. The highest BCUT2D eigenvalue weighted by Gasteiger charge is 2.28. The van der Waals surface area contributed by atoms with Gasteiger partial charge in [0.1, 0.15) is 5.75 Å². The molecule has 0 bridgehead atoms. The van der Waals surface area contributed by atoms with E-state index in [1.54, 1.807) is 0 Å². The fourth-order valence-electron chi connectivity index (χ4n) is 1.42. The number of phenols is 1. The topological polar surface area (TPSA) is 89.9 Å². The largest absolute Gasteiger partial charge is 0.508 e. The molecule has 1 aromatic rings. The smallest absolute Gasteiger partial charge is 0.390 e. The highest BCUT2D eigenvalue weighted by atomic mass is 19.4. The van der Waals surface area contributed by atoms with Gasteiger partial charge >= 0.3 is 18.2 Å². The number of rotatable bonds is 4. The van der Waals surface area contributed by atoms with E-state index in [2.05, 4.69) is 5.32 Å². The van der Waals surface area contributed by atoms with Crippen LogP contribution in [0.3, 0.4) is 0 Å². The number of urea groups is 1. The SMILES string of the molecule is CN(CCC(F)(F)F)C(=O)Nc1ccc(O)cc1C(=O)O. The molecule has 0 aliphatic rings. The Morgan fingerprint density at radius 2 is 1.95 bits per heavy atom. The Morgan fingerprint density at radius 1 is 1.33 bits per heavy atom. The quantitative estimate of drug-likeness (QED) is 0.746. The highest BCUT2D eigenvalue weighted by Crippen LogP contribution is 2.22. The molecule has 2 amide bonds. The van der Waals surface area contributed by atoms with E-state index < -0.39 is 31.1 Å². The van der Waals surface area contributed by atoms with Gasteiger partial charge in [-0.15, -0.1) is 0 Å². The summed E-state index contributed by atoms with van der Waals surface area (Å²) in [6.45, 7) is -0.560. The van der Waals surface area contributed by atoms with Gasteiger partial charge in [-0.2, -0.15) is 13.2 Å². The van der Waals surface area contributed by atoms with Crippen LogP contribution in [0.5, 0.6) is 5.75 Å². The average Bonchev–Trinajstić information content (AvgIpc) is 2.36. The van der Waals surface area contributed by atoms with Crippen molar-refractivity contribution in [1.82, 2.24) is 4.90 Å². The van der Waals surface area contributed by atoms with Crippen molar-refractivity contribution in [3.05, 3.63) is 23.8 Å². The van der Waals surface area contributed by atoms with Crippen molar-refractivity contribution >= 4 is 17.7 Å². The van der Waals surface area contributed by atoms with Crippen LogP contribution in [0.4, 0.5) is 23.7 Å². The minimum atomic E-state index is -4.39. The number of aromatic hydroxyl groups is 1. The van der Waals surface area contributed by atoms with Gasteiger partial charge in [0.05, 0.1) is 17.7 Å². The number of halogens is 3. The molecule has 9 heteroatoms. The number of carbonyl (C=O) groups excluding carboxylic acids is 1. The summed E-state index contributed by atoms with van der Waals surface area (Å²) in [7, 11) is 1.15. The first-order valence-electron chi connectivity index (χ1n) is 5.75. The second-order valence-electron chi connectivity index (χ2n) is 4.25. The number of anilines is 1. The van der Waals surface area contributed by atoms with Crippen molar-refractivity contribution in [2.75, 3.05) is 18.9 Å². The Hall–Kier alpha value is -2.45. The minimum absolute atomic E-state index is 0.121. The van der Waals surface area contributed by atoms with Gasteiger partial charge < -0.3 is 20.4 Å². The van der Waals surface area contributed by atoms with E-state index in [0.29, 0.717) is 0 Å². The zero-order valence-electron chi connectivity index (χ0n) is 10.9. The number of carboxylic acid groups (broad SMARTS) is 1. The maximum Gasteiger partial charge on any atom is 0.390 e. The van der Waals surface area contributed by atoms with Crippen LogP contribution in [-0.2, 0) is 0 Å². The first-order chi connectivity index (χ1) is 9.60. The number of carboxylic acids is 1. The van der Waals surface area contributed by atoms with Gasteiger partial charge in [-0.3, -0.25) is 0 Å². The van der Waals surface area contributed by atoms with Crippen molar-refractivity contribution in [3.63, 3.8) is 0 Å². The van der Waals surface area contributed by atoms with Gasteiger partial charge in [-0.05, 0) is 18.2 Å². The summed E-state index contributed by atoms with van der Waals surface area (Å²) in [5, 5.41) is 20.3. The Labute approximate surface area is 117 Å². The molecule has 0 saturated heterocycles. The second-order valence-corrected chi connectivity index (χ2v) is 4.25. The molecule has 0 aliphatic carbocycles. The number of carbonyl (C=O) groups is 2. The van der Waals surface area contributed by atoms with E-state index >= 15 is 0 Å². The number of nitrogens with one attached hydrogen (secondary N) is 1. The van der Waals surface area contributed by atoms with Crippen LogP contribution in [0.15, 0.2) is 18.2 Å². The number of hydrogen-bond donors (Lipinski definition) is 3. The zero-order valence-corrected chi connectivity index (χ0v) is 10.9. The third-order valence-electron chi connectivity index (χ3n) is 2.55. The predicted molar refractivity (Wildman–Crippen MR) is 67.4 cm³/mol. The molecule has 3 N–H and O–H groups in total. The van der Waals surface area contributed by atoms with Crippen molar-refractivity contribution < 1.29 is 33.0 Å². The first kappa shape index (κ1) is 16.6. The molecule has 0 atom stereocenters. The summed E-state index contributed by atoms with van der Waals surface area (Å²) in [5.74, 6) is -1.70. The summed E-state index contributed by atoms with van der Waals surface area (Å²) in [5.41, 5.74) is -0.489. The summed E-state index contributed by atoms with van der Waals surface area (Å²) in [6, 6.07) is 2.34. The van der Waals surface area contributed by atoms with E-state index in [4.69, 9.17) is 5.11 Å². The molecule has 0 aliphatic heterocycles. The van der Waals surface area contributed by atoms with E-state index in [1.807, 2.05) is 0 Å². The zero-order chi connectivity index (χ0) is 16.2. The minimum Gasteiger partial charge on any atom is -0.508 e. The van der Waals surface area contributed by atoms with Gasteiger partial charge in [-0.1, -0.05) is 0 Å². The molecule has 0 heterocycles. The van der Waals surface area contributed by atoms with Crippen molar-refractivity contribution in [3.8, 4) is 5.75 Å². The molecule has 0 spiro atoms. The van der Waals surface area contributed by atoms with Crippen LogP contribution in [0, 0.1) is 0 Å². The van der Waals surface area contributed by atoms with Crippen LogP contribution in [0.2, 0.25) is 0 Å². The highest BCUT2D eigenvalue weighted by molar-refractivity contribution is 6.00. The fourth-order valence-corrected chi connectivity index (χ4v) is 1.42. The number of amides is 2. The Balaban J connectivity index is 2.77. The molecule has 21 heavy (non-hydrogen) atoms. The molecule has 1 aromatic carbocycles. The van der Waals surface area contributed by atoms with Crippen LogP contribution in [0.1, 0.15) is 16.8 Å². The summed E-state index contributed by atoms with van der Waals surface area (Å²) < 4.78 is 36.2. The lowest BCUT2D eigenvalue weighted by Crippen LogP contribution is -2.34. The average molecular weight is 306 g/mol. The summed E-state index contributed by atoms with van der Waals surface area (Å²) >= 11 is 0. The molecule has 0 unspecified atom stereocenters. The predicted octanol–water partition coefficient (Wildman–Crippen LogP) is 2.51. The fraction of sp³-hybridized carbons (Fsp3) is 0.333. The Kier molecular flexibility index (Phi) is 5.01. The monoisotopic (exact) mass is 306 g/mol. The number of alkyl halides is 3. The molecule has 1 rings (SSSR count). The maximum atomic E-state index is 12.1. The number of phenolic OH excluding ortho intramolecular Hbond substituents is 1. The van der Waals surface area contributed by atoms with E-state index in [9.17, 15) is 27.9 Å². The van der Waals surface area contributed by atoms with Gasteiger partial charge in [0.2, 0.25) is 0 Å². The lowest BCUT2D eigenvalue weighted by Gasteiger charge is -2.19. The Morgan fingerprint density at radius 3 is 2.48 bits per heavy atom. The molecule has 116 valence electrons. The van der Waals surface area contributed by atoms with Crippen LogP contribution in [0.25, 0.3) is 0 Å². The van der Waals surface area contributed by atoms with E-state index in [1.165, 1.54) is 0 Å². The normalized spacial score (nSPS) is 11.0. The molecule has 0 fully saturated rings. The van der Waals surface area contributed by atoms with Crippen LogP contribution in [-0.4, -0.2) is 46.9 Å². The third kappa shape index (κ3) is 5.21. The number of benzene rings is 1. The summed E-state index contributed by atoms with van der Waals surface area (Å²) in [6.07, 6.45) is -5.56. The van der Waals surface area contributed by atoms with E-state index in [-0.39, 0.29) is 17.0 Å². The van der Waals surface area contributed by atoms with Crippen LogP contribution >= 0.6 is 0 Å². The third-order valence-corrected chi connectivity index (χ3v) is 2.55. The van der Waals surface area contributed by atoms with Gasteiger partial charge in [0.15, 0.2) is 0 Å². The standard InChI is InChI=1S/C12H13F3N2O4/c1-17(5-4-12(13,14)15)11(21)16-9-3-2-7(18)6-8(9)10(19)20/h2-3,6,18H,4-5H2,1H3,(H,16,21)(H,19,20). The number of aromatic carboxylic acids is 1. The van der Waals surface area contributed by atoms with Crippen LogP contribution < -0.4 is 5.32 Å². The van der Waals surface area contributed by atoms with Gasteiger partial charge in [0.25, 0.3) is 0 Å². The molecule has 0 aromatic heterocycles. The van der Waals surface area contributed by atoms with E-state index in [0.717, 1.165) is 30.1 Å². The van der Waals surface area contributed by atoms with Gasteiger partial charge in [0, 0.05) is 13.6 Å². The van der Waals surface area contributed by atoms with Crippen molar-refractivity contribution in [2.45, 2.75) is 12.6 Å². The van der Waals surface area contributed by atoms with Crippen molar-refractivity contribution in [1.29, 1.82) is 0 Å². The maximum absolute atomic E-state index is 12.1. The second kappa shape index (κ2) is 6.33. The first-order valence-corrected chi connectivity index (χ1v) is 5.75. The lowest BCUT2D eigenvalue weighted by atomic mass is 10.1. The molecule has 0 radical (unpaired) electrons. The molecular formula is C12H13F3N2O4. The summed E-state index contributed by atoms with van der Waals surface area (Å²) in [4.78, 5) is 23.4. The Bertz CT molecular complexity index is 546.